The van der Waals surface area contributed by atoms with Gasteiger partial charge in [0.2, 0.25) is 0 Å². The Hall–Kier alpha value is -2.62. The fraction of sp³-hybridized carbons (Fsp3) is 0.529. The van der Waals surface area contributed by atoms with Gasteiger partial charge < -0.3 is 19.3 Å². The predicted molar refractivity (Wildman–Crippen MR) is 99.4 cm³/mol. The molecule has 0 aliphatic carbocycles. The number of carbonyl (C=O) groups excluding carboxylic acids is 2. The van der Waals surface area contributed by atoms with E-state index < -0.39 is 35.8 Å². The van der Waals surface area contributed by atoms with Gasteiger partial charge in [-0.15, -0.1) is 11.3 Å². The van der Waals surface area contributed by atoms with Gasteiger partial charge in [0.25, 0.3) is 0 Å². The number of hydrogen-bond donors (Lipinski definition) is 2. The number of anilines is 1. The number of nitrogens with zero attached hydrogens (tertiary/aromatic N) is 1. The summed E-state index contributed by atoms with van der Waals surface area (Å²) in [5.74, 6) is -1.93. The Morgan fingerprint density at radius 3 is 2.26 bits per heavy atom. The number of carboxylic acids is 1. The van der Waals surface area contributed by atoms with E-state index in [9.17, 15) is 19.5 Å². The smallest absolute Gasteiger partial charge is 0.413 e. The van der Waals surface area contributed by atoms with Crippen molar-refractivity contribution in [3.8, 4) is 0 Å². The van der Waals surface area contributed by atoms with E-state index in [0.29, 0.717) is 0 Å². The van der Waals surface area contributed by atoms with E-state index in [4.69, 9.17) is 14.2 Å². The summed E-state index contributed by atoms with van der Waals surface area (Å²) in [6, 6.07) is 0. The van der Waals surface area contributed by atoms with Crippen molar-refractivity contribution in [1.29, 1.82) is 0 Å². The molecule has 1 aromatic heterocycles. The number of carboxylic acid groups (broad SMARTS) is 1. The molecule has 150 valence electrons. The number of esters is 1. The van der Waals surface area contributed by atoms with Gasteiger partial charge in [-0.2, -0.15) is 0 Å². The number of thiazole rings is 1. The van der Waals surface area contributed by atoms with E-state index in [1.54, 1.807) is 41.5 Å². The quantitative estimate of drug-likeness (QED) is 0.423. The van der Waals surface area contributed by atoms with Crippen LogP contribution in [0, 0.1) is 0 Å². The highest BCUT2D eigenvalue weighted by atomic mass is 32.1. The van der Waals surface area contributed by atoms with Gasteiger partial charge in [-0.3, -0.25) is 5.32 Å². The van der Waals surface area contributed by atoms with Crippen LogP contribution in [0.1, 0.15) is 47.2 Å². The minimum Gasteiger partial charge on any atom is -0.489 e. The van der Waals surface area contributed by atoms with Crippen molar-refractivity contribution in [2.24, 2.45) is 0 Å². The third-order valence-corrected chi connectivity index (χ3v) is 3.20. The fourth-order valence-corrected chi connectivity index (χ4v) is 2.33. The third-order valence-electron chi connectivity index (χ3n) is 2.44. The van der Waals surface area contributed by atoms with Crippen molar-refractivity contribution in [3.63, 3.8) is 0 Å². The molecule has 27 heavy (non-hydrogen) atoms. The Balaban J connectivity index is 2.76. The molecule has 0 saturated heterocycles. The van der Waals surface area contributed by atoms with Gasteiger partial charge in [-0.25, -0.2) is 19.4 Å². The van der Waals surface area contributed by atoms with Gasteiger partial charge in [0, 0.05) is 5.38 Å². The number of nitrogens with one attached hydrogen (secondary N) is 1. The topological polar surface area (TPSA) is 124 Å². The standard InChI is InChI=1S/C17H24N2O7S/c1-16(2,3)25-12(20)8-24-7-10(13(21)22)11-9-27-14(18-11)19-15(23)26-17(4,5)6/h7,9H,8H2,1-6H3,(H,21,22)(H,18,19,23)/b10-7-. The summed E-state index contributed by atoms with van der Waals surface area (Å²) in [7, 11) is 0. The minimum absolute atomic E-state index is 0.0720. The SMILES string of the molecule is CC(C)(C)OC(=O)CO/C=C(\C(=O)O)c1csc(NC(=O)OC(C)(C)C)n1. The Bertz CT molecular complexity index is 726. The number of ether oxygens (including phenoxy) is 3. The molecule has 0 saturated carbocycles. The summed E-state index contributed by atoms with van der Waals surface area (Å²) in [6.07, 6.45) is 0.212. The molecule has 0 radical (unpaired) electrons. The van der Waals surface area contributed by atoms with Crippen molar-refractivity contribution in [2.45, 2.75) is 52.7 Å². The third kappa shape index (κ3) is 9.04. The largest absolute Gasteiger partial charge is 0.489 e. The molecule has 0 atom stereocenters. The average molecular weight is 400 g/mol. The molecule has 0 bridgehead atoms. The minimum atomic E-state index is -1.30. The van der Waals surface area contributed by atoms with Crippen LogP contribution in [0.3, 0.4) is 0 Å². The van der Waals surface area contributed by atoms with Crippen molar-refractivity contribution >= 4 is 40.1 Å². The highest BCUT2D eigenvalue weighted by molar-refractivity contribution is 7.14. The molecular formula is C17H24N2O7S. The van der Waals surface area contributed by atoms with Crippen LogP contribution in [0.15, 0.2) is 11.6 Å². The molecule has 0 unspecified atom stereocenters. The van der Waals surface area contributed by atoms with Crippen molar-refractivity contribution in [1.82, 2.24) is 4.98 Å². The zero-order chi connectivity index (χ0) is 20.8. The second-order valence-electron chi connectivity index (χ2n) is 7.40. The van der Waals surface area contributed by atoms with E-state index in [1.807, 2.05) is 0 Å². The molecule has 0 aliphatic heterocycles. The molecule has 0 aliphatic rings. The molecule has 1 amide bonds. The van der Waals surface area contributed by atoms with E-state index in [0.717, 1.165) is 17.6 Å². The van der Waals surface area contributed by atoms with Crippen molar-refractivity contribution < 1.29 is 33.7 Å². The Morgan fingerprint density at radius 1 is 1.15 bits per heavy atom. The number of aromatic nitrogens is 1. The van der Waals surface area contributed by atoms with Crippen molar-refractivity contribution in [2.75, 3.05) is 11.9 Å². The number of amides is 1. The van der Waals surface area contributed by atoms with Crippen LogP contribution < -0.4 is 5.32 Å². The molecule has 0 fully saturated rings. The maximum atomic E-state index is 11.7. The van der Waals surface area contributed by atoms with Gasteiger partial charge in [-0.05, 0) is 41.5 Å². The molecule has 10 heteroatoms. The number of aliphatic carboxylic acids is 1. The van der Waals surface area contributed by atoms with Crippen LogP contribution in [0.5, 0.6) is 0 Å². The molecule has 1 heterocycles. The molecule has 2 N–H and O–H groups in total. The zero-order valence-electron chi connectivity index (χ0n) is 16.1. The fourth-order valence-electron chi connectivity index (χ4n) is 1.63. The summed E-state index contributed by atoms with van der Waals surface area (Å²) in [5.41, 5.74) is -1.54. The van der Waals surface area contributed by atoms with E-state index in [-0.39, 0.29) is 16.4 Å². The average Bonchev–Trinajstić information content (AvgIpc) is 2.86. The Labute approximate surface area is 161 Å². The first-order chi connectivity index (χ1) is 12.3. The maximum Gasteiger partial charge on any atom is 0.413 e. The lowest BCUT2D eigenvalue weighted by molar-refractivity contribution is -0.158. The lowest BCUT2D eigenvalue weighted by atomic mass is 10.2. The first-order valence-electron chi connectivity index (χ1n) is 7.99. The van der Waals surface area contributed by atoms with E-state index in [1.165, 1.54) is 5.38 Å². The van der Waals surface area contributed by atoms with Gasteiger partial charge in [0.05, 0.1) is 5.69 Å². The van der Waals surface area contributed by atoms with Crippen LogP contribution in [-0.2, 0) is 23.8 Å². The van der Waals surface area contributed by atoms with Crippen LogP contribution in [0.25, 0.3) is 5.57 Å². The summed E-state index contributed by atoms with van der Waals surface area (Å²) >= 11 is 1.02. The second-order valence-corrected chi connectivity index (χ2v) is 8.26. The molecule has 9 nitrogen and oxygen atoms in total. The molecule has 1 aromatic rings. The van der Waals surface area contributed by atoms with Crippen LogP contribution in [0.2, 0.25) is 0 Å². The summed E-state index contributed by atoms with van der Waals surface area (Å²) in [4.78, 5) is 38.7. The predicted octanol–water partition coefficient (Wildman–Crippen LogP) is 3.27. The Kier molecular flexibility index (Phi) is 7.35. The summed E-state index contributed by atoms with van der Waals surface area (Å²) < 4.78 is 15.2. The lowest BCUT2D eigenvalue weighted by Gasteiger charge is -2.19. The monoisotopic (exact) mass is 400 g/mol. The molecule has 0 spiro atoms. The van der Waals surface area contributed by atoms with Crippen LogP contribution in [-0.4, -0.2) is 45.9 Å². The first kappa shape index (κ1) is 22.4. The van der Waals surface area contributed by atoms with Gasteiger partial charge in [0.15, 0.2) is 11.7 Å². The zero-order valence-corrected chi connectivity index (χ0v) is 16.9. The molecular weight excluding hydrogens is 376 g/mol. The number of carbonyl (C=O) groups is 3. The van der Waals surface area contributed by atoms with E-state index >= 15 is 0 Å². The highest BCUT2D eigenvalue weighted by Crippen LogP contribution is 2.23. The second kappa shape index (κ2) is 8.85. The van der Waals surface area contributed by atoms with Gasteiger partial charge in [0.1, 0.15) is 23.0 Å². The first-order valence-corrected chi connectivity index (χ1v) is 8.87. The van der Waals surface area contributed by atoms with Gasteiger partial charge >= 0.3 is 18.0 Å². The lowest BCUT2D eigenvalue weighted by Crippen LogP contribution is -2.27. The van der Waals surface area contributed by atoms with Crippen LogP contribution in [0.4, 0.5) is 9.93 Å². The van der Waals surface area contributed by atoms with Gasteiger partial charge in [-0.1, -0.05) is 0 Å². The highest BCUT2D eigenvalue weighted by Gasteiger charge is 2.20. The number of rotatable bonds is 6. The van der Waals surface area contributed by atoms with Crippen LogP contribution >= 0.6 is 11.3 Å². The molecule has 0 aromatic carbocycles. The van der Waals surface area contributed by atoms with E-state index in [2.05, 4.69) is 10.3 Å². The Morgan fingerprint density at radius 2 is 1.74 bits per heavy atom. The summed E-state index contributed by atoms with van der Waals surface area (Å²) in [6.45, 7) is 9.82. The number of hydrogen-bond acceptors (Lipinski definition) is 8. The maximum absolute atomic E-state index is 11.7. The molecule has 1 rings (SSSR count). The summed E-state index contributed by atoms with van der Waals surface area (Å²) in [5, 5.41) is 13.3. The van der Waals surface area contributed by atoms with Crippen molar-refractivity contribution in [3.05, 3.63) is 17.3 Å². The normalized spacial score (nSPS) is 12.3.